The number of ether oxygens (including phenoxy) is 1. The zero-order valence-electron chi connectivity index (χ0n) is 9.71. The summed E-state index contributed by atoms with van der Waals surface area (Å²) >= 11 is 0. The van der Waals surface area contributed by atoms with Crippen LogP contribution in [-0.4, -0.2) is 11.9 Å². The Morgan fingerprint density at radius 3 is 2.62 bits per heavy atom. The van der Waals surface area contributed by atoms with E-state index >= 15 is 0 Å². The molecular formula is C13H15FO2. The summed E-state index contributed by atoms with van der Waals surface area (Å²) in [5.41, 5.74) is 0.151. The van der Waals surface area contributed by atoms with Crippen molar-refractivity contribution in [3.05, 3.63) is 29.6 Å². The fraction of sp³-hybridized carbons (Fsp3) is 0.462. The molecule has 1 fully saturated rings. The molecule has 0 N–H and O–H groups in total. The van der Waals surface area contributed by atoms with Crippen molar-refractivity contribution in [3.8, 4) is 5.75 Å². The first-order valence-corrected chi connectivity index (χ1v) is 5.37. The highest BCUT2D eigenvalue weighted by atomic mass is 19.1. The number of hydrogen-bond acceptors (Lipinski definition) is 2. The van der Waals surface area contributed by atoms with Gasteiger partial charge in [0, 0.05) is 12.5 Å². The van der Waals surface area contributed by atoms with Crippen molar-refractivity contribution in [2.75, 3.05) is 0 Å². The van der Waals surface area contributed by atoms with Crippen LogP contribution >= 0.6 is 0 Å². The van der Waals surface area contributed by atoms with Gasteiger partial charge in [-0.25, -0.2) is 4.39 Å². The highest BCUT2D eigenvalue weighted by molar-refractivity contribution is 5.91. The number of benzene rings is 1. The number of ketones is 1. The molecule has 1 aromatic carbocycles. The summed E-state index contributed by atoms with van der Waals surface area (Å²) < 4.78 is 18.9. The van der Waals surface area contributed by atoms with E-state index in [1.54, 1.807) is 19.1 Å². The van der Waals surface area contributed by atoms with Crippen LogP contribution in [0, 0.1) is 18.2 Å². The minimum Gasteiger partial charge on any atom is -0.489 e. The molecule has 0 spiro atoms. The van der Waals surface area contributed by atoms with Gasteiger partial charge in [0.25, 0.3) is 0 Å². The molecule has 1 saturated carbocycles. The van der Waals surface area contributed by atoms with Gasteiger partial charge >= 0.3 is 0 Å². The lowest BCUT2D eigenvalue weighted by Crippen LogP contribution is -2.52. The molecule has 1 aliphatic rings. The maximum atomic E-state index is 13.3. The van der Waals surface area contributed by atoms with E-state index < -0.39 is 5.41 Å². The number of halogens is 1. The molecule has 0 amide bonds. The van der Waals surface area contributed by atoms with Crippen LogP contribution in [0.3, 0.4) is 0 Å². The predicted octanol–water partition coefficient (Wildman–Crippen LogP) is 2.88. The summed E-state index contributed by atoms with van der Waals surface area (Å²) in [7, 11) is 0. The van der Waals surface area contributed by atoms with Gasteiger partial charge < -0.3 is 4.74 Å². The smallest absolute Gasteiger partial charge is 0.145 e. The van der Waals surface area contributed by atoms with Gasteiger partial charge in [-0.2, -0.15) is 0 Å². The van der Waals surface area contributed by atoms with Crippen LogP contribution < -0.4 is 4.74 Å². The molecule has 2 nitrogen and oxygen atoms in total. The van der Waals surface area contributed by atoms with Crippen molar-refractivity contribution in [2.45, 2.75) is 33.3 Å². The minimum absolute atomic E-state index is 0.137. The highest BCUT2D eigenvalue weighted by Gasteiger charge is 2.49. The van der Waals surface area contributed by atoms with Crippen molar-refractivity contribution in [3.63, 3.8) is 0 Å². The normalized spacial score (nSPS) is 22.8. The lowest BCUT2D eigenvalue weighted by Gasteiger charge is -2.41. The molecule has 0 radical (unpaired) electrons. The Morgan fingerprint density at radius 2 is 2.12 bits per heavy atom. The quantitative estimate of drug-likeness (QED) is 0.769. The van der Waals surface area contributed by atoms with Crippen LogP contribution in [0.1, 0.15) is 25.8 Å². The third-order valence-corrected chi connectivity index (χ3v) is 3.32. The molecule has 1 unspecified atom stereocenters. The molecule has 3 heteroatoms. The van der Waals surface area contributed by atoms with E-state index in [0.717, 1.165) is 0 Å². The fourth-order valence-electron chi connectivity index (χ4n) is 1.74. The van der Waals surface area contributed by atoms with Crippen LogP contribution in [0.15, 0.2) is 18.2 Å². The Labute approximate surface area is 94.4 Å². The van der Waals surface area contributed by atoms with E-state index in [9.17, 15) is 9.18 Å². The van der Waals surface area contributed by atoms with Crippen LogP contribution in [0.2, 0.25) is 0 Å². The topological polar surface area (TPSA) is 26.3 Å². The maximum absolute atomic E-state index is 13.3. The standard InChI is InChI=1S/C13H15FO2/c1-8-4-5-9(6-10(8)14)16-12-7-11(15)13(12,2)3/h4-6,12H,7H2,1-3H3. The third-order valence-electron chi connectivity index (χ3n) is 3.32. The van der Waals surface area contributed by atoms with Crippen LogP contribution in [0.4, 0.5) is 4.39 Å². The fourth-order valence-corrected chi connectivity index (χ4v) is 1.74. The number of carbonyl (C=O) groups is 1. The van der Waals surface area contributed by atoms with E-state index in [1.807, 2.05) is 13.8 Å². The average Bonchev–Trinajstić information content (AvgIpc) is 2.23. The van der Waals surface area contributed by atoms with Gasteiger partial charge in [-0.15, -0.1) is 0 Å². The first kappa shape index (κ1) is 11.1. The van der Waals surface area contributed by atoms with Gasteiger partial charge in [0.2, 0.25) is 0 Å². The van der Waals surface area contributed by atoms with Crippen molar-refractivity contribution < 1.29 is 13.9 Å². The predicted molar refractivity (Wildman–Crippen MR) is 59.0 cm³/mol. The Bertz CT molecular complexity index is 438. The molecule has 0 aliphatic heterocycles. The van der Waals surface area contributed by atoms with Crippen molar-refractivity contribution in [1.29, 1.82) is 0 Å². The summed E-state index contributed by atoms with van der Waals surface area (Å²) in [6.07, 6.45) is 0.282. The molecule has 2 rings (SSSR count). The number of Topliss-reactive ketones (excluding diaryl/α,β-unsaturated/α-hetero) is 1. The maximum Gasteiger partial charge on any atom is 0.145 e. The number of hydrogen-bond donors (Lipinski definition) is 0. The van der Waals surface area contributed by atoms with Crippen LogP contribution in [-0.2, 0) is 4.79 Å². The van der Waals surface area contributed by atoms with Gasteiger partial charge in [0.05, 0.1) is 5.41 Å². The first-order valence-electron chi connectivity index (χ1n) is 5.37. The van der Waals surface area contributed by atoms with Gasteiger partial charge in [0.15, 0.2) is 0 Å². The summed E-state index contributed by atoms with van der Waals surface area (Å²) in [5, 5.41) is 0. The lowest BCUT2D eigenvalue weighted by atomic mass is 9.68. The Hall–Kier alpha value is -1.38. The molecule has 0 aromatic heterocycles. The third kappa shape index (κ3) is 1.70. The molecular weight excluding hydrogens is 207 g/mol. The van der Waals surface area contributed by atoms with Crippen LogP contribution in [0.25, 0.3) is 0 Å². The molecule has 86 valence electrons. The Morgan fingerprint density at radius 1 is 1.44 bits per heavy atom. The minimum atomic E-state index is -0.443. The SMILES string of the molecule is Cc1ccc(OC2CC(=O)C2(C)C)cc1F. The highest BCUT2D eigenvalue weighted by Crippen LogP contribution is 2.39. The lowest BCUT2D eigenvalue weighted by molar-refractivity contribution is -0.148. The molecule has 1 atom stereocenters. The van der Waals surface area contributed by atoms with E-state index in [2.05, 4.69) is 0 Å². The molecule has 1 aromatic rings. The molecule has 0 saturated heterocycles. The van der Waals surface area contributed by atoms with E-state index in [0.29, 0.717) is 17.7 Å². The Balaban J connectivity index is 2.11. The number of rotatable bonds is 2. The first-order chi connectivity index (χ1) is 7.41. The summed E-state index contributed by atoms with van der Waals surface area (Å²) in [6, 6.07) is 4.78. The average molecular weight is 222 g/mol. The molecule has 1 aliphatic carbocycles. The van der Waals surface area contributed by atoms with Crippen LogP contribution in [0.5, 0.6) is 5.75 Å². The molecule has 16 heavy (non-hydrogen) atoms. The van der Waals surface area contributed by atoms with E-state index in [4.69, 9.17) is 4.74 Å². The molecule has 0 bridgehead atoms. The Kier molecular flexibility index (Phi) is 2.49. The summed E-state index contributed by atoms with van der Waals surface area (Å²) in [4.78, 5) is 11.3. The van der Waals surface area contributed by atoms with Crippen molar-refractivity contribution in [1.82, 2.24) is 0 Å². The second-order valence-corrected chi connectivity index (χ2v) is 4.87. The second kappa shape index (κ2) is 3.58. The van der Waals surface area contributed by atoms with E-state index in [1.165, 1.54) is 6.07 Å². The zero-order chi connectivity index (χ0) is 11.9. The van der Waals surface area contributed by atoms with Gasteiger partial charge in [-0.3, -0.25) is 4.79 Å². The number of aryl methyl sites for hydroxylation is 1. The van der Waals surface area contributed by atoms with Gasteiger partial charge in [-0.05, 0) is 32.4 Å². The van der Waals surface area contributed by atoms with Gasteiger partial charge in [0.1, 0.15) is 23.5 Å². The summed E-state index contributed by atoms with van der Waals surface area (Å²) in [5.74, 6) is 0.416. The molecule has 0 heterocycles. The monoisotopic (exact) mass is 222 g/mol. The van der Waals surface area contributed by atoms with Crippen molar-refractivity contribution >= 4 is 5.78 Å². The summed E-state index contributed by atoms with van der Waals surface area (Å²) in [6.45, 7) is 5.41. The second-order valence-electron chi connectivity index (χ2n) is 4.87. The van der Waals surface area contributed by atoms with Crippen molar-refractivity contribution in [2.24, 2.45) is 5.41 Å². The van der Waals surface area contributed by atoms with E-state index in [-0.39, 0.29) is 17.7 Å². The van der Waals surface area contributed by atoms with Gasteiger partial charge in [-0.1, -0.05) is 6.07 Å². The zero-order valence-corrected chi connectivity index (χ0v) is 9.71. The largest absolute Gasteiger partial charge is 0.489 e. The number of carbonyl (C=O) groups excluding carboxylic acids is 1.